The van der Waals surface area contributed by atoms with Crippen molar-refractivity contribution in [2.75, 3.05) is 40.0 Å². The predicted molar refractivity (Wildman–Crippen MR) is 77.3 cm³/mol. The van der Waals surface area contributed by atoms with Crippen LogP contribution in [-0.2, 0) is 4.12 Å². The summed E-state index contributed by atoms with van der Waals surface area (Å²) >= 11 is 0. The van der Waals surface area contributed by atoms with Crippen LogP contribution in [0.5, 0.6) is 0 Å². The summed E-state index contributed by atoms with van der Waals surface area (Å²) in [4.78, 5) is 0. The van der Waals surface area contributed by atoms with Crippen molar-refractivity contribution in [2.45, 2.75) is 36.3 Å². The van der Waals surface area contributed by atoms with Crippen molar-refractivity contribution in [1.82, 2.24) is 0 Å². The largest absolute Gasteiger partial charge is 0.454 e. The van der Waals surface area contributed by atoms with E-state index in [0.29, 0.717) is 0 Å². The second-order valence-electron chi connectivity index (χ2n) is 5.10. The highest BCUT2D eigenvalue weighted by atomic mass is 28.4. The van der Waals surface area contributed by atoms with Crippen LogP contribution < -0.4 is 0 Å². The molecule has 0 saturated carbocycles. The van der Waals surface area contributed by atoms with E-state index in [1.807, 2.05) is 0 Å². The first kappa shape index (κ1) is 21.0. The van der Waals surface area contributed by atoms with E-state index in [1.54, 1.807) is 0 Å². The smallest absolute Gasteiger partial charge is 0.187 e. The van der Waals surface area contributed by atoms with Crippen molar-refractivity contribution in [3.05, 3.63) is 0 Å². The zero-order valence-corrected chi connectivity index (χ0v) is 14.2. The molecule has 0 aliphatic rings. The lowest BCUT2D eigenvalue weighted by Gasteiger charge is -2.41. The quantitative estimate of drug-likeness (QED) is 0.324. The maximum absolute atomic E-state index is 12.8. The monoisotopic (exact) mass is 354 g/mol. The molecule has 0 heterocycles. The third-order valence-electron chi connectivity index (χ3n) is 3.73. The Kier molecular flexibility index (Phi) is 11.5. The Hall–Kier alpha value is -0.0262. The lowest BCUT2D eigenvalue weighted by molar-refractivity contribution is 0.402. The predicted octanol–water partition coefficient (Wildman–Crippen LogP) is 4.71. The minimum absolute atomic E-state index is 0.111. The van der Waals surface area contributed by atoms with Gasteiger partial charge < -0.3 is 4.12 Å². The molecular formula is C12H24F6OSi2. The Morgan fingerprint density at radius 1 is 0.429 bits per heavy atom. The van der Waals surface area contributed by atoms with E-state index in [0.717, 1.165) is 0 Å². The highest BCUT2D eigenvalue weighted by Gasteiger charge is 2.44. The molecule has 0 N–H and O–H groups in total. The van der Waals surface area contributed by atoms with Crippen LogP contribution in [0, 0.1) is 0 Å². The molecule has 0 rings (SSSR count). The zero-order valence-electron chi connectivity index (χ0n) is 12.2. The normalized spacial score (nSPS) is 12.9. The summed E-state index contributed by atoms with van der Waals surface area (Å²) in [6.45, 7) is -4.76. The fourth-order valence-electron chi connectivity index (χ4n) is 2.55. The third-order valence-corrected chi connectivity index (χ3v) is 13.8. The summed E-state index contributed by atoms with van der Waals surface area (Å²) < 4.78 is 82.5. The maximum Gasteiger partial charge on any atom is 0.187 e. The molecule has 0 radical (unpaired) electrons. The van der Waals surface area contributed by atoms with Gasteiger partial charge in [0.15, 0.2) is 16.6 Å². The van der Waals surface area contributed by atoms with Crippen LogP contribution in [0.4, 0.5) is 26.3 Å². The van der Waals surface area contributed by atoms with Gasteiger partial charge in [0.1, 0.15) is 0 Å². The zero-order chi connectivity index (χ0) is 16.2. The fraction of sp³-hybridized carbons (Fsp3) is 1.00. The second-order valence-corrected chi connectivity index (χ2v) is 13.7. The molecule has 0 spiro atoms. The summed E-state index contributed by atoms with van der Waals surface area (Å²) in [5.74, 6) is 0. The van der Waals surface area contributed by atoms with Gasteiger partial charge in [-0.1, -0.05) is 0 Å². The van der Waals surface area contributed by atoms with Crippen LogP contribution in [0.3, 0.4) is 0 Å². The van der Waals surface area contributed by atoms with E-state index in [2.05, 4.69) is 0 Å². The van der Waals surface area contributed by atoms with Crippen LogP contribution in [0.25, 0.3) is 0 Å². The first-order valence-corrected chi connectivity index (χ1v) is 12.2. The van der Waals surface area contributed by atoms with Gasteiger partial charge in [0, 0.05) is 0 Å². The summed E-state index contributed by atoms with van der Waals surface area (Å²) in [7, 11) is -6.21. The van der Waals surface area contributed by atoms with Crippen LogP contribution in [0.1, 0.15) is 0 Å². The molecule has 0 atom stereocenters. The minimum atomic E-state index is -3.11. The Labute approximate surface area is 124 Å². The summed E-state index contributed by atoms with van der Waals surface area (Å²) in [6.07, 6.45) is 0. The van der Waals surface area contributed by atoms with Gasteiger partial charge in [-0.3, -0.25) is 26.3 Å². The van der Waals surface area contributed by atoms with Gasteiger partial charge >= 0.3 is 0 Å². The standard InChI is InChI=1S/C12H24F6OSi2/c13-1-7-20(8-2-14,9-3-15)19-21(10-4-16,11-5-17)12-6-18/h1-12H2. The maximum atomic E-state index is 12.8. The SMILES string of the molecule is FCC[Si](CCF)(CCF)O[Si](CCF)(CCF)CCF. The Morgan fingerprint density at radius 3 is 0.762 bits per heavy atom. The van der Waals surface area contributed by atoms with Gasteiger partial charge in [-0.05, 0) is 36.3 Å². The van der Waals surface area contributed by atoms with Gasteiger partial charge in [-0.2, -0.15) is 0 Å². The molecule has 0 amide bonds. The first-order valence-electron chi connectivity index (χ1n) is 7.13. The van der Waals surface area contributed by atoms with Crippen LogP contribution in [-0.4, -0.2) is 56.7 Å². The van der Waals surface area contributed by atoms with Crippen molar-refractivity contribution in [3.8, 4) is 0 Å². The minimum Gasteiger partial charge on any atom is -0.454 e. The topological polar surface area (TPSA) is 9.23 Å². The van der Waals surface area contributed by atoms with E-state index in [4.69, 9.17) is 4.12 Å². The molecule has 0 aliphatic heterocycles. The molecule has 21 heavy (non-hydrogen) atoms. The molecule has 128 valence electrons. The molecule has 0 aromatic rings. The van der Waals surface area contributed by atoms with Crippen molar-refractivity contribution in [2.24, 2.45) is 0 Å². The Bertz CT molecular complexity index is 202. The van der Waals surface area contributed by atoms with Gasteiger partial charge in [-0.15, -0.1) is 0 Å². The van der Waals surface area contributed by atoms with Crippen molar-refractivity contribution in [3.63, 3.8) is 0 Å². The van der Waals surface area contributed by atoms with Gasteiger partial charge in [0.2, 0.25) is 0 Å². The van der Waals surface area contributed by atoms with E-state index >= 15 is 0 Å². The number of halogens is 6. The van der Waals surface area contributed by atoms with Crippen LogP contribution >= 0.6 is 0 Å². The lowest BCUT2D eigenvalue weighted by atomic mass is 10.9. The number of alkyl halides is 6. The summed E-state index contributed by atoms with van der Waals surface area (Å²) in [5, 5.41) is 0. The molecule has 0 aliphatic carbocycles. The molecule has 0 bridgehead atoms. The third kappa shape index (κ3) is 7.18. The van der Waals surface area contributed by atoms with Gasteiger partial charge in [0.05, 0.1) is 40.0 Å². The average Bonchev–Trinajstić information content (AvgIpc) is 2.40. The molecule has 0 aromatic carbocycles. The molecule has 9 heteroatoms. The van der Waals surface area contributed by atoms with E-state index in [9.17, 15) is 26.3 Å². The molecule has 0 fully saturated rings. The molecular weight excluding hydrogens is 330 g/mol. The Balaban J connectivity index is 5.30. The van der Waals surface area contributed by atoms with Crippen LogP contribution in [0.2, 0.25) is 36.3 Å². The highest BCUT2D eigenvalue weighted by Crippen LogP contribution is 2.33. The number of hydrogen-bond donors (Lipinski definition) is 0. The van der Waals surface area contributed by atoms with Crippen LogP contribution in [0.15, 0.2) is 0 Å². The van der Waals surface area contributed by atoms with Gasteiger partial charge in [-0.25, -0.2) is 0 Å². The van der Waals surface area contributed by atoms with Gasteiger partial charge in [0.25, 0.3) is 0 Å². The second kappa shape index (κ2) is 11.5. The summed E-state index contributed by atoms with van der Waals surface area (Å²) in [5.41, 5.74) is 0. The van der Waals surface area contributed by atoms with E-state index in [1.165, 1.54) is 0 Å². The summed E-state index contributed by atoms with van der Waals surface area (Å²) in [6, 6.07) is -0.664. The molecule has 1 nitrogen and oxygen atoms in total. The highest BCUT2D eigenvalue weighted by molar-refractivity contribution is 6.87. The van der Waals surface area contributed by atoms with E-state index in [-0.39, 0.29) is 36.3 Å². The Morgan fingerprint density at radius 2 is 0.619 bits per heavy atom. The molecule has 0 saturated heterocycles. The molecule has 0 unspecified atom stereocenters. The van der Waals surface area contributed by atoms with Crippen molar-refractivity contribution >= 4 is 16.6 Å². The first-order chi connectivity index (χ1) is 10.1. The lowest BCUT2D eigenvalue weighted by Crippen LogP contribution is -2.53. The van der Waals surface area contributed by atoms with E-state index < -0.39 is 56.7 Å². The molecule has 0 aromatic heterocycles. The number of rotatable bonds is 14. The average molecular weight is 354 g/mol. The van der Waals surface area contributed by atoms with Crippen molar-refractivity contribution < 1.29 is 30.5 Å². The number of hydrogen-bond acceptors (Lipinski definition) is 1. The van der Waals surface area contributed by atoms with Crippen molar-refractivity contribution in [1.29, 1.82) is 0 Å². The fourth-order valence-corrected chi connectivity index (χ4v) is 12.2.